The lowest BCUT2D eigenvalue weighted by Crippen LogP contribution is -2.39. The van der Waals surface area contributed by atoms with E-state index in [1.54, 1.807) is 13.0 Å². The molecular weight excluding hydrogens is 252 g/mol. The van der Waals surface area contributed by atoms with E-state index in [-0.39, 0.29) is 5.56 Å². The lowest BCUT2D eigenvalue weighted by molar-refractivity contribution is -0.0385. The first-order chi connectivity index (χ1) is 9.09. The summed E-state index contributed by atoms with van der Waals surface area (Å²) < 4.78 is 39.9. The van der Waals surface area contributed by atoms with Crippen LogP contribution in [-0.2, 0) is 5.92 Å². The van der Waals surface area contributed by atoms with E-state index in [0.717, 1.165) is 6.42 Å². The Morgan fingerprint density at radius 1 is 1.21 bits per heavy atom. The molecule has 5 heteroatoms. The normalized spacial score (nSPS) is 22.6. The second-order valence-corrected chi connectivity index (χ2v) is 5.08. The summed E-state index contributed by atoms with van der Waals surface area (Å²) in [4.78, 5) is 0. The van der Waals surface area contributed by atoms with E-state index in [2.05, 4.69) is 5.32 Å². The fourth-order valence-corrected chi connectivity index (χ4v) is 2.73. The Morgan fingerprint density at radius 3 is 2.53 bits per heavy atom. The number of alkyl halides is 2. The third-order valence-electron chi connectivity index (χ3n) is 3.75. The Balaban J connectivity index is 1.99. The van der Waals surface area contributed by atoms with Gasteiger partial charge >= 0.3 is 0 Å². The molecule has 2 aliphatic rings. The molecule has 0 bridgehead atoms. The molecular formula is C14H17F2NO2. The minimum absolute atomic E-state index is 0.0381. The molecule has 1 aromatic carbocycles. The van der Waals surface area contributed by atoms with Crippen LogP contribution in [-0.4, -0.2) is 25.8 Å². The average Bonchev–Trinajstić information content (AvgIpc) is 2.92. The maximum Gasteiger partial charge on any atom is 0.288 e. The minimum atomic E-state index is -2.88. The van der Waals surface area contributed by atoms with Crippen LogP contribution in [0, 0.1) is 6.92 Å². The van der Waals surface area contributed by atoms with E-state index in [1.807, 2.05) is 0 Å². The van der Waals surface area contributed by atoms with E-state index in [0.29, 0.717) is 43.2 Å². The molecule has 0 aromatic heterocycles. The van der Waals surface area contributed by atoms with Crippen LogP contribution in [0.25, 0.3) is 0 Å². The van der Waals surface area contributed by atoms with Crippen molar-refractivity contribution in [2.45, 2.75) is 31.7 Å². The van der Waals surface area contributed by atoms with Gasteiger partial charge in [-0.25, -0.2) is 0 Å². The van der Waals surface area contributed by atoms with Crippen molar-refractivity contribution in [1.29, 1.82) is 0 Å². The van der Waals surface area contributed by atoms with Gasteiger partial charge in [0.25, 0.3) is 5.92 Å². The Morgan fingerprint density at radius 2 is 1.89 bits per heavy atom. The lowest BCUT2D eigenvalue weighted by atomic mass is 9.95. The molecule has 0 amide bonds. The molecule has 0 saturated carbocycles. The molecule has 3 rings (SSSR count). The van der Waals surface area contributed by atoms with Gasteiger partial charge < -0.3 is 14.8 Å². The number of rotatable bonds is 2. The first-order valence-corrected chi connectivity index (χ1v) is 6.61. The van der Waals surface area contributed by atoms with Gasteiger partial charge in [0.05, 0.1) is 6.04 Å². The molecule has 104 valence electrons. The number of halogens is 2. The molecule has 1 fully saturated rings. The summed E-state index contributed by atoms with van der Waals surface area (Å²) in [5, 5.41) is 2.88. The van der Waals surface area contributed by atoms with E-state index in [4.69, 9.17) is 9.47 Å². The Labute approximate surface area is 110 Å². The summed E-state index contributed by atoms with van der Waals surface area (Å²) in [5.41, 5.74) is 0.583. The molecule has 19 heavy (non-hydrogen) atoms. The van der Waals surface area contributed by atoms with Crippen molar-refractivity contribution in [2.75, 3.05) is 19.8 Å². The predicted molar refractivity (Wildman–Crippen MR) is 67.1 cm³/mol. The van der Waals surface area contributed by atoms with Crippen molar-refractivity contribution in [2.24, 2.45) is 0 Å². The van der Waals surface area contributed by atoms with E-state index in [1.165, 1.54) is 6.07 Å². The van der Waals surface area contributed by atoms with E-state index < -0.39 is 12.0 Å². The second kappa shape index (κ2) is 4.63. The molecule has 0 radical (unpaired) electrons. The van der Waals surface area contributed by atoms with Crippen molar-refractivity contribution < 1.29 is 18.3 Å². The first-order valence-electron chi connectivity index (χ1n) is 6.61. The molecule has 3 nitrogen and oxygen atoms in total. The summed E-state index contributed by atoms with van der Waals surface area (Å²) in [7, 11) is 0. The number of hydrogen-bond donors (Lipinski definition) is 1. The minimum Gasteiger partial charge on any atom is -0.486 e. The van der Waals surface area contributed by atoms with Gasteiger partial charge in [-0.1, -0.05) is 0 Å². The zero-order chi connectivity index (χ0) is 13.5. The number of fused-ring (bicyclic) bond motifs is 1. The second-order valence-electron chi connectivity index (χ2n) is 5.08. The highest BCUT2D eigenvalue weighted by atomic mass is 19.3. The summed E-state index contributed by atoms with van der Waals surface area (Å²) in [6.07, 6.45) is 1.30. The number of benzene rings is 1. The van der Waals surface area contributed by atoms with Crippen LogP contribution in [0.3, 0.4) is 0 Å². The molecule has 1 unspecified atom stereocenters. The van der Waals surface area contributed by atoms with Crippen molar-refractivity contribution in [3.63, 3.8) is 0 Å². The third-order valence-corrected chi connectivity index (χ3v) is 3.75. The maximum absolute atomic E-state index is 14.5. The topological polar surface area (TPSA) is 30.5 Å². The van der Waals surface area contributed by atoms with Crippen LogP contribution in [0.4, 0.5) is 8.78 Å². The standard InChI is InChI=1S/C14H17F2NO2/c1-9-7-11-12(19-6-5-18-11)8-10(9)14(15,16)13-3-2-4-17-13/h7-8,13,17H,2-6H2,1H3. The van der Waals surface area contributed by atoms with Crippen LogP contribution < -0.4 is 14.8 Å². The Kier molecular flexibility index (Phi) is 3.09. The number of hydrogen-bond acceptors (Lipinski definition) is 3. The van der Waals surface area contributed by atoms with Crippen LogP contribution >= 0.6 is 0 Å². The van der Waals surface area contributed by atoms with Gasteiger partial charge in [-0.3, -0.25) is 0 Å². The van der Waals surface area contributed by atoms with Crippen molar-refractivity contribution in [3.05, 3.63) is 23.3 Å². The maximum atomic E-state index is 14.5. The van der Waals surface area contributed by atoms with Gasteiger partial charge in [-0.2, -0.15) is 8.78 Å². The monoisotopic (exact) mass is 269 g/mol. The highest BCUT2D eigenvalue weighted by molar-refractivity contribution is 5.49. The van der Waals surface area contributed by atoms with Crippen molar-refractivity contribution in [3.8, 4) is 11.5 Å². The molecule has 1 saturated heterocycles. The van der Waals surface area contributed by atoms with Gasteiger partial charge in [0.2, 0.25) is 0 Å². The quantitative estimate of drug-likeness (QED) is 0.895. The lowest BCUT2D eigenvalue weighted by Gasteiger charge is -2.27. The summed E-state index contributed by atoms with van der Waals surface area (Å²) in [5.74, 6) is -1.90. The van der Waals surface area contributed by atoms with Crippen LogP contribution in [0.15, 0.2) is 12.1 Å². The first kappa shape index (κ1) is 12.7. The molecule has 2 heterocycles. The van der Waals surface area contributed by atoms with E-state index in [9.17, 15) is 8.78 Å². The zero-order valence-electron chi connectivity index (χ0n) is 10.8. The van der Waals surface area contributed by atoms with E-state index >= 15 is 0 Å². The van der Waals surface area contributed by atoms with Gasteiger partial charge in [-0.05, 0) is 44.0 Å². The molecule has 0 spiro atoms. The largest absolute Gasteiger partial charge is 0.486 e. The number of ether oxygens (including phenoxy) is 2. The summed E-state index contributed by atoms with van der Waals surface area (Å²) in [6, 6.07) is 2.30. The zero-order valence-corrected chi connectivity index (χ0v) is 10.8. The summed E-state index contributed by atoms with van der Waals surface area (Å²) >= 11 is 0. The molecule has 1 aromatic rings. The van der Waals surface area contributed by atoms with Crippen LogP contribution in [0.2, 0.25) is 0 Å². The highest BCUT2D eigenvalue weighted by Gasteiger charge is 2.44. The average molecular weight is 269 g/mol. The fraction of sp³-hybridized carbons (Fsp3) is 0.571. The van der Waals surface area contributed by atoms with Crippen LogP contribution in [0.1, 0.15) is 24.0 Å². The van der Waals surface area contributed by atoms with Gasteiger partial charge in [0.15, 0.2) is 11.5 Å². The summed E-state index contributed by atoms with van der Waals surface area (Å²) in [6.45, 7) is 3.22. The molecule has 1 atom stereocenters. The predicted octanol–water partition coefficient (Wildman–Crippen LogP) is 2.61. The third kappa shape index (κ3) is 2.16. The van der Waals surface area contributed by atoms with Crippen molar-refractivity contribution >= 4 is 0 Å². The van der Waals surface area contributed by atoms with Gasteiger partial charge in [0, 0.05) is 5.56 Å². The fourth-order valence-electron chi connectivity index (χ4n) is 2.73. The number of nitrogens with one attached hydrogen (secondary N) is 1. The van der Waals surface area contributed by atoms with Crippen molar-refractivity contribution in [1.82, 2.24) is 5.32 Å². The van der Waals surface area contributed by atoms with Gasteiger partial charge in [-0.15, -0.1) is 0 Å². The smallest absolute Gasteiger partial charge is 0.288 e. The number of aryl methyl sites for hydroxylation is 1. The molecule has 2 aliphatic heterocycles. The Bertz CT molecular complexity index is 485. The highest BCUT2D eigenvalue weighted by Crippen LogP contribution is 2.42. The van der Waals surface area contributed by atoms with Crippen LogP contribution in [0.5, 0.6) is 11.5 Å². The SMILES string of the molecule is Cc1cc2c(cc1C(F)(F)C1CCCN1)OCCO2. The van der Waals surface area contributed by atoms with Gasteiger partial charge in [0.1, 0.15) is 13.2 Å². The Hall–Kier alpha value is -1.36. The molecule has 1 N–H and O–H groups in total. The molecule has 0 aliphatic carbocycles.